The monoisotopic (exact) mass is 417 g/mol. The average Bonchev–Trinajstić information content (AvgIpc) is 2.61. The summed E-state index contributed by atoms with van der Waals surface area (Å²) in [6, 6.07) is 2.55. The van der Waals surface area contributed by atoms with Crippen LogP contribution in [0.25, 0.3) is 11.0 Å². The van der Waals surface area contributed by atoms with Crippen LogP contribution in [0.3, 0.4) is 0 Å². The molecule has 1 amide bonds. The topological polar surface area (TPSA) is 94.8 Å². The maximum absolute atomic E-state index is 13.0. The van der Waals surface area contributed by atoms with E-state index in [0.717, 1.165) is 5.56 Å². The SMILES string of the molecule is CCC(C)C(NC(=O)OC(C)(C)C)C(=O)Oc1cc(C)cc2oc(=O)c(C)c(C)c12. The highest BCUT2D eigenvalue weighted by Gasteiger charge is 2.30. The van der Waals surface area contributed by atoms with Crippen LogP contribution in [0.5, 0.6) is 5.75 Å². The number of hydrogen-bond acceptors (Lipinski definition) is 6. The Morgan fingerprint density at radius 2 is 1.77 bits per heavy atom. The number of nitrogens with one attached hydrogen (secondary N) is 1. The average molecular weight is 418 g/mol. The molecule has 2 unspecified atom stereocenters. The van der Waals surface area contributed by atoms with Crippen molar-refractivity contribution in [1.82, 2.24) is 5.32 Å². The molecule has 2 atom stereocenters. The van der Waals surface area contributed by atoms with Gasteiger partial charge in [0.1, 0.15) is 23.0 Å². The van der Waals surface area contributed by atoms with Gasteiger partial charge < -0.3 is 19.2 Å². The van der Waals surface area contributed by atoms with Gasteiger partial charge in [0, 0.05) is 5.56 Å². The first-order valence-corrected chi connectivity index (χ1v) is 10.1. The van der Waals surface area contributed by atoms with Crippen LogP contribution in [0, 0.1) is 26.7 Å². The second-order valence-electron chi connectivity index (χ2n) is 8.71. The molecule has 164 valence electrons. The van der Waals surface area contributed by atoms with Crippen molar-refractivity contribution in [3.8, 4) is 5.75 Å². The molecule has 7 nitrogen and oxygen atoms in total. The summed E-state index contributed by atoms with van der Waals surface area (Å²) in [6.07, 6.45) is -0.0335. The number of alkyl carbamates (subject to hydrolysis) is 1. The lowest BCUT2D eigenvalue weighted by Crippen LogP contribution is -2.48. The third-order valence-electron chi connectivity index (χ3n) is 5.01. The first kappa shape index (κ1) is 23.4. The molecule has 0 spiro atoms. The van der Waals surface area contributed by atoms with E-state index in [1.807, 2.05) is 20.8 Å². The Balaban J connectivity index is 2.42. The van der Waals surface area contributed by atoms with E-state index >= 15 is 0 Å². The van der Waals surface area contributed by atoms with Crippen LogP contribution in [0.1, 0.15) is 57.7 Å². The van der Waals surface area contributed by atoms with Gasteiger partial charge in [-0.05, 0) is 70.7 Å². The van der Waals surface area contributed by atoms with Crippen molar-refractivity contribution in [2.45, 2.75) is 73.5 Å². The first-order chi connectivity index (χ1) is 13.8. The smallest absolute Gasteiger partial charge is 0.408 e. The van der Waals surface area contributed by atoms with Gasteiger partial charge in [0.15, 0.2) is 0 Å². The van der Waals surface area contributed by atoms with Crippen LogP contribution in [0.2, 0.25) is 0 Å². The molecular formula is C23H31NO6. The van der Waals surface area contributed by atoms with Gasteiger partial charge in [0.2, 0.25) is 0 Å². The number of fused-ring (bicyclic) bond motifs is 1. The zero-order valence-electron chi connectivity index (χ0n) is 19.0. The number of ether oxygens (including phenoxy) is 2. The molecule has 1 N–H and O–H groups in total. The van der Waals surface area contributed by atoms with Gasteiger partial charge in [-0.25, -0.2) is 14.4 Å². The van der Waals surface area contributed by atoms with E-state index in [1.165, 1.54) is 0 Å². The molecule has 0 saturated heterocycles. The lowest BCUT2D eigenvalue weighted by atomic mass is 9.99. The second kappa shape index (κ2) is 8.90. The Kier molecular flexibility index (Phi) is 6.95. The molecule has 2 aromatic rings. The molecule has 7 heteroatoms. The molecule has 2 rings (SSSR count). The normalized spacial score (nSPS) is 13.6. The number of carbonyl (C=O) groups is 2. The molecule has 1 heterocycles. The van der Waals surface area contributed by atoms with Gasteiger partial charge in [0.25, 0.3) is 0 Å². The lowest BCUT2D eigenvalue weighted by Gasteiger charge is -2.26. The Morgan fingerprint density at radius 1 is 1.13 bits per heavy atom. The number of benzene rings is 1. The summed E-state index contributed by atoms with van der Waals surface area (Å²) in [5.41, 5.74) is 1.15. The molecule has 0 saturated carbocycles. The van der Waals surface area contributed by atoms with E-state index in [0.29, 0.717) is 34.3 Å². The Morgan fingerprint density at radius 3 is 2.33 bits per heavy atom. The maximum atomic E-state index is 13.0. The van der Waals surface area contributed by atoms with Gasteiger partial charge in [0.05, 0.1) is 5.39 Å². The fourth-order valence-electron chi connectivity index (χ4n) is 3.04. The van der Waals surface area contributed by atoms with Gasteiger partial charge in [-0.3, -0.25) is 0 Å². The minimum absolute atomic E-state index is 0.179. The highest BCUT2D eigenvalue weighted by Crippen LogP contribution is 2.31. The minimum atomic E-state index is -0.891. The zero-order valence-corrected chi connectivity index (χ0v) is 19.0. The minimum Gasteiger partial charge on any atom is -0.444 e. The zero-order chi connectivity index (χ0) is 22.8. The quantitative estimate of drug-likeness (QED) is 0.435. The van der Waals surface area contributed by atoms with Crippen LogP contribution in [-0.4, -0.2) is 23.7 Å². The van der Waals surface area contributed by atoms with Crippen LogP contribution in [0.15, 0.2) is 21.3 Å². The van der Waals surface area contributed by atoms with Crippen molar-refractivity contribution in [1.29, 1.82) is 0 Å². The Labute approximate surface area is 176 Å². The van der Waals surface area contributed by atoms with E-state index in [9.17, 15) is 14.4 Å². The van der Waals surface area contributed by atoms with Crippen molar-refractivity contribution < 1.29 is 23.5 Å². The second-order valence-corrected chi connectivity index (χ2v) is 8.71. The summed E-state index contributed by atoms with van der Waals surface area (Å²) in [7, 11) is 0. The predicted octanol–water partition coefficient (Wildman–Crippen LogP) is 4.56. The van der Waals surface area contributed by atoms with Crippen LogP contribution < -0.4 is 15.7 Å². The van der Waals surface area contributed by atoms with Crippen LogP contribution in [-0.2, 0) is 9.53 Å². The van der Waals surface area contributed by atoms with Crippen molar-refractivity contribution in [2.75, 3.05) is 0 Å². The first-order valence-electron chi connectivity index (χ1n) is 10.1. The molecule has 0 bridgehead atoms. The van der Waals surface area contributed by atoms with Gasteiger partial charge >= 0.3 is 17.7 Å². The van der Waals surface area contributed by atoms with Gasteiger partial charge in [-0.15, -0.1) is 0 Å². The van der Waals surface area contributed by atoms with Crippen LogP contribution in [0.4, 0.5) is 4.79 Å². The van der Waals surface area contributed by atoms with Gasteiger partial charge in [-0.2, -0.15) is 0 Å². The van der Waals surface area contributed by atoms with E-state index in [4.69, 9.17) is 13.9 Å². The molecule has 1 aromatic heterocycles. The van der Waals surface area contributed by atoms with E-state index in [2.05, 4.69) is 5.32 Å². The van der Waals surface area contributed by atoms with Crippen molar-refractivity contribution >= 4 is 23.0 Å². The summed E-state index contributed by atoms with van der Waals surface area (Å²) in [6.45, 7) is 14.3. The summed E-state index contributed by atoms with van der Waals surface area (Å²) >= 11 is 0. The molecule has 0 radical (unpaired) electrons. The standard InChI is InChI=1S/C23H31NO6/c1-9-13(3)19(24-22(27)30-23(6,7)8)21(26)29-17-11-12(2)10-16-18(17)14(4)15(5)20(25)28-16/h10-11,13,19H,9H2,1-8H3,(H,24,27). The third-order valence-corrected chi connectivity index (χ3v) is 5.01. The fourth-order valence-corrected chi connectivity index (χ4v) is 3.04. The molecule has 0 aliphatic carbocycles. The predicted molar refractivity (Wildman–Crippen MR) is 115 cm³/mol. The largest absolute Gasteiger partial charge is 0.444 e. The number of amides is 1. The fraction of sp³-hybridized carbons (Fsp3) is 0.522. The van der Waals surface area contributed by atoms with Crippen molar-refractivity contribution in [3.05, 3.63) is 39.2 Å². The number of carbonyl (C=O) groups excluding carboxylic acids is 2. The molecule has 1 aromatic carbocycles. The lowest BCUT2D eigenvalue weighted by molar-refractivity contribution is -0.138. The summed E-state index contributed by atoms with van der Waals surface area (Å²) < 4.78 is 16.4. The highest BCUT2D eigenvalue weighted by molar-refractivity contribution is 5.92. The molecule has 0 aliphatic rings. The van der Waals surface area contributed by atoms with Crippen molar-refractivity contribution in [3.63, 3.8) is 0 Å². The Bertz CT molecular complexity index is 1010. The van der Waals surface area contributed by atoms with E-state index < -0.39 is 29.3 Å². The summed E-state index contributed by atoms with van der Waals surface area (Å²) in [4.78, 5) is 37.3. The van der Waals surface area contributed by atoms with Crippen LogP contribution >= 0.6 is 0 Å². The molecule has 30 heavy (non-hydrogen) atoms. The van der Waals surface area contributed by atoms with Gasteiger partial charge in [-0.1, -0.05) is 20.3 Å². The summed E-state index contributed by atoms with van der Waals surface area (Å²) in [5.74, 6) is -0.495. The Hall–Kier alpha value is -2.83. The van der Waals surface area contributed by atoms with Crippen molar-refractivity contribution in [2.24, 2.45) is 5.92 Å². The third kappa shape index (κ3) is 5.40. The molecular weight excluding hydrogens is 386 g/mol. The molecule has 0 fully saturated rings. The number of hydrogen-bond donors (Lipinski definition) is 1. The number of aryl methyl sites for hydroxylation is 2. The number of esters is 1. The molecule has 0 aliphatic heterocycles. The summed E-state index contributed by atoms with van der Waals surface area (Å²) in [5, 5.41) is 3.19. The maximum Gasteiger partial charge on any atom is 0.408 e. The highest BCUT2D eigenvalue weighted by atomic mass is 16.6. The number of rotatable bonds is 5. The van der Waals surface area contributed by atoms with E-state index in [-0.39, 0.29) is 5.92 Å². The van der Waals surface area contributed by atoms with E-state index in [1.54, 1.807) is 46.8 Å².